The molecule has 0 saturated carbocycles. The number of thiophene rings is 1. The SMILES string of the molecule is CCN1C[C@@H](C(=O)N(Cc2ccsc2)c2cccnc2)CC1=O. The number of amides is 2. The van der Waals surface area contributed by atoms with Crippen LogP contribution in [0.15, 0.2) is 41.4 Å². The first-order valence-corrected chi connectivity index (χ1v) is 8.63. The van der Waals surface area contributed by atoms with Gasteiger partial charge in [0.15, 0.2) is 0 Å². The van der Waals surface area contributed by atoms with Crippen LogP contribution in [0.25, 0.3) is 0 Å². The molecule has 0 spiro atoms. The van der Waals surface area contributed by atoms with Crippen LogP contribution in [0, 0.1) is 5.92 Å². The molecule has 1 atom stereocenters. The first-order chi connectivity index (χ1) is 11.2. The van der Waals surface area contributed by atoms with Crippen molar-refractivity contribution in [3.05, 3.63) is 46.9 Å². The number of rotatable bonds is 5. The largest absolute Gasteiger partial charge is 0.342 e. The van der Waals surface area contributed by atoms with E-state index in [1.54, 1.807) is 33.5 Å². The summed E-state index contributed by atoms with van der Waals surface area (Å²) in [6.07, 6.45) is 3.68. The zero-order valence-corrected chi connectivity index (χ0v) is 13.8. The van der Waals surface area contributed by atoms with Crippen LogP contribution in [-0.2, 0) is 16.1 Å². The van der Waals surface area contributed by atoms with Gasteiger partial charge in [-0.3, -0.25) is 14.6 Å². The topological polar surface area (TPSA) is 53.5 Å². The summed E-state index contributed by atoms with van der Waals surface area (Å²) in [5.41, 5.74) is 1.86. The zero-order valence-electron chi connectivity index (χ0n) is 13.0. The number of aromatic nitrogens is 1. The Morgan fingerprint density at radius 3 is 2.96 bits per heavy atom. The van der Waals surface area contributed by atoms with Crippen molar-refractivity contribution in [3.8, 4) is 0 Å². The van der Waals surface area contributed by atoms with Crippen LogP contribution in [0.5, 0.6) is 0 Å². The number of hydrogen-bond donors (Lipinski definition) is 0. The molecule has 2 aromatic rings. The van der Waals surface area contributed by atoms with E-state index in [-0.39, 0.29) is 17.7 Å². The molecule has 1 fully saturated rings. The molecule has 0 aromatic carbocycles. The fourth-order valence-electron chi connectivity index (χ4n) is 2.84. The van der Waals surface area contributed by atoms with E-state index in [0.717, 1.165) is 11.3 Å². The monoisotopic (exact) mass is 329 g/mol. The lowest BCUT2D eigenvalue weighted by atomic mass is 10.1. The smallest absolute Gasteiger partial charge is 0.232 e. The van der Waals surface area contributed by atoms with Gasteiger partial charge in [0, 0.05) is 25.7 Å². The number of pyridine rings is 1. The van der Waals surface area contributed by atoms with Gasteiger partial charge in [0.1, 0.15) is 0 Å². The first kappa shape index (κ1) is 15.7. The lowest BCUT2D eigenvalue weighted by Gasteiger charge is -2.25. The molecule has 2 aromatic heterocycles. The molecule has 6 heteroatoms. The Morgan fingerprint density at radius 2 is 2.35 bits per heavy atom. The number of carbonyl (C=O) groups is 2. The predicted molar refractivity (Wildman–Crippen MR) is 90.1 cm³/mol. The third-order valence-electron chi connectivity index (χ3n) is 4.09. The molecular formula is C17H19N3O2S. The van der Waals surface area contributed by atoms with Crippen molar-refractivity contribution in [2.24, 2.45) is 5.92 Å². The van der Waals surface area contributed by atoms with Crippen molar-refractivity contribution in [2.45, 2.75) is 19.9 Å². The van der Waals surface area contributed by atoms with E-state index in [0.29, 0.717) is 26.1 Å². The van der Waals surface area contributed by atoms with Gasteiger partial charge in [-0.15, -0.1) is 0 Å². The van der Waals surface area contributed by atoms with Crippen LogP contribution in [0.3, 0.4) is 0 Å². The fourth-order valence-corrected chi connectivity index (χ4v) is 3.50. The first-order valence-electron chi connectivity index (χ1n) is 7.69. The average Bonchev–Trinajstić information content (AvgIpc) is 3.22. The molecule has 1 aliphatic heterocycles. The van der Waals surface area contributed by atoms with E-state index in [4.69, 9.17) is 0 Å². The van der Waals surface area contributed by atoms with Gasteiger partial charge in [0.05, 0.1) is 24.3 Å². The van der Waals surface area contributed by atoms with Crippen LogP contribution in [-0.4, -0.2) is 34.8 Å². The number of anilines is 1. The molecule has 1 saturated heterocycles. The molecule has 0 N–H and O–H groups in total. The number of hydrogen-bond acceptors (Lipinski definition) is 4. The third-order valence-corrected chi connectivity index (χ3v) is 4.82. The van der Waals surface area contributed by atoms with Crippen LogP contribution in [0.4, 0.5) is 5.69 Å². The summed E-state index contributed by atoms with van der Waals surface area (Å²) in [6.45, 7) is 3.61. The van der Waals surface area contributed by atoms with E-state index in [9.17, 15) is 9.59 Å². The molecular weight excluding hydrogens is 310 g/mol. The summed E-state index contributed by atoms with van der Waals surface area (Å²) in [6, 6.07) is 5.71. The number of likely N-dealkylation sites (tertiary alicyclic amines) is 1. The Bertz CT molecular complexity index is 672. The minimum Gasteiger partial charge on any atom is -0.342 e. The number of carbonyl (C=O) groups excluding carboxylic acids is 2. The third kappa shape index (κ3) is 3.42. The van der Waals surface area contributed by atoms with Gasteiger partial charge in [-0.05, 0) is 41.4 Å². The van der Waals surface area contributed by atoms with Crippen molar-refractivity contribution in [2.75, 3.05) is 18.0 Å². The zero-order chi connectivity index (χ0) is 16.2. The van der Waals surface area contributed by atoms with Gasteiger partial charge >= 0.3 is 0 Å². The Hall–Kier alpha value is -2.21. The minimum absolute atomic E-state index is 0.00602. The molecule has 120 valence electrons. The molecule has 3 rings (SSSR count). The summed E-state index contributed by atoms with van der Waals surface area (Å²) >= 11 is 1.61. The summed E-state index contributed by atoms with van der Waals surface area (Å²) in [5.74, 6) is -0.220. The van der Waals surface area contributed by atoms with Gasteiger partial charge in [-0.2, -0.15) is 11.3 Å². The second-order valence-electron chi connectivity index (χ2n) is 5.60. The van der Waals surface area contributed by atoms with Crippen molar-refractivity contribution in [1.82, 2.24) is 9.88 Å². The quantitative estimate of drug-likeness (QED) is 0.847. The Morgan fingerprint density at radius 1 is 1.48 bits per heavy atom. The summed E-state index contributed by atoms with van der Waals surface area (Å²) in [4.78, 5) is 32.6. The predicted octanol–water partition coefficient (Wildman–Crippen LogP) is 2.54. The van der Waals surface area contributed by atoms with Gasteiger partial charge < -0.3 is 9.80 Å². The molecule has 23 heavy (non-hydrogen) atoms. The van der Waals surface area contributed by atoms with E-state index in [2.05, 4.69) is 4.98 Å². The molecule has 2 amide bonds. The van der Waals surface area contributed by atoms with Crippen LogP contribution < -0.4 is 4.90 Å². The lowest BCUT2D eigenvalue weighted by molar-refractivity contribution is -0.128. The van der Waals surface area contributed by atoms with Gasteiger partial charge in [-0.25, -0.2) is 0 Å². The van der Waals surface area contributed by atoms with E-state index < -0.39 is 0 Å². The Labute approximate surface area is 139 Å². The maximum absolute atomic E-state index is 13.0. The van der Waals surface area contributed by atoms with Crippen molar-refractivity contribution < 1.29 is 9.59 Å². The molecule has 0 aliphatic carbocycles. The van der Waals surface area contributed by atoms with Crippen molar-refractivity contribution in [3.63, 3.8) is 0 Å². The molecule has 0 unspecified atom stereocenters. The van der Waals surface area contributed by atoms with Crippen molar-refractivity contribution in [1.29, 1.82) is 0 Å². The minimum atomic E-state index is -0.277. The summed E-state index contributed by atoms with van der Waals surface area (Å²) in [7, 11) is 0. The van der Waals surface area contributed by atoms with Crippen molar-refractivity contribution >= 4 is 28.8 Å². The second kappa shape index (κ2) is 6.91. The fraction of sp³-hybridized carbons (Fsp3) is 0.353. The van der Waals surface area contributed by atoms with E-state index in [1.165, 1.54) is 0 Å². The highest BCUT2D eigenvalue weighted by molar-refractivity contribution is 7.07. The molecule has 0 bridgehead atoms. The highest BCUT2D eigenvalue weighted by Gasteiger charge is 2.36. The van der Waals surface area contributed by atoms with Gasteiger partial charge in [-0.1, -0.05) is 0 Å². The summed E-state index contributed by atoms with van der Waals surface area (Å²) in [5, 5.41) is 4.04. The molecule has 0 radical (unpaired) electrons. The van der Waals surface area contributed by atoms with Gasteiger partial charge in [0.25, 0.3) is 0 Å². The van der Waals surface area contributed by atoms with E-state index >= 15 is 0 Å². The maximum atomic E-state index is 13.0. The standard InChI is InChI=1S/C17H19N3O2S/c1-2-19-11-14(8-16(19)21)17(22)20(10-13-5-7-23-12-13)15-4-3-6-18-9-15/h3-7,9,12,14H,2,8,10-11H2,1H3/t14-/m0/s1. The second-order valence-corrected chi connectivity index (χ2v) is 6.38. The Kier molecular flexibility index (Phi) is 4.71. The molecule has 1 aliphatic rings. The molecule has 3 heterocycles. The van der Waals surface area contributed by atoms with Gasteiger partial charge in [0.2, 0.25) is 11.8 Å². The lowest BCUT2D eigenvalue weighted by Crippen LogP contribution is -2.37. The summed E-state index contributed by atoms with van der Waals surface area (Å²) < 4.78 is 0. The Balaban J connectivity index is 1.83. The van der Waals surface area contributed by atoms with E-state index in [1.807, 2.05) is 35.9 Å². The van der Waals surface area contributed by atoms with Crippen LogP contribution in [0.1, 0.15) is 18.9 Å². The maximum Gasteiger partial charge on any atom is 0.232 e. The average molecular weight is 329 g/mol. The number of nitrogens with zero attached hydrogens (tertiary/aromatic N) is 3. The van der Waals surface area contributed by atoms with Crippen LogP contribution in [0.2, 0.25) is 0 Å². The van der Waals surface area contributed by atoms with Crippen LogP contribution >= 0.6 is 11.3 Å². The normalized spacial score (nSPS) is 17.5. The molecule has 5 nitrogen and oxygen atoms in total. The highest BCUT2D eigenvalue weighted by Crippen LogP contribution is 2.25. The highest BCUT2D eigenvalue weighted by atomic mass is 32.1.